The van der Waals surface area contributed by atoms with E-state index in [1.54, 1.807) is 0 Å². The zero-order valence-electron chi connectivity index (χ0n) is 38.3. The molecular formula is C49H90NO9P. The van der Waals surface area contributed by atoms with Crippen LogP contribution in [0, 0.1) is 0 Å². The van der Waals surface area contributed by atoms with Crippen molar-refractivity contribution < 1.29 is 42.7 Å². The number of carboxylic acids is 1. The summed E-state index contributed by atoms with van der Waals surface area (Å²) in [6.45, 7) is 3.82. The standard InChI is InChI=1S/C49H90NO9P/c1-3-5-7-9-11-13-15-17-19-20-21-22-23-24-25-26-27-28-30-32-34-36-38-40-42-56-43-46(44-57-60(54,55)58-45-47(50)49(52)53)59-48(51)41-39-37-35-33-31-29-18-16-14-12-10-8-6-4-2/h10,12,15-18,20-21,46-47H,3-9,11,13-14,19,22-45,50H2,1-2H3,(H,52,53)(H,54,55)/b12-10-,17-15-,18-16-,21-20-. The van der Waals surface area contributed by atoms with Crippen molar-refractivity contribution >= 4 is 19.8 Å². The van der Waals surface area contributed by atoms with E-state index in [9.17, 15) is 19.0 Å². The summed E-state index contributed by atoms with van der Waals surface area (Å²) in [5, 5.41) is 8.91. The van der Waals surface area contributed by atoms with Crippen LogP contribution in [0.15, 0.2) is 48.6 Å². The highest BCUT2D eigenvalue weighted by Gasteiger charge is 2.27. The number of phosphoric acid groups is 1. The third-order valence-corrected chi connectivity index (χ3v) is 11.3. The predicted octanol–water partition coefficient (Wildman–Crippen LogP) is 13.8. The largest absolute Gasteiger partial charge is 0.480 e. The van der Waals surface area contributed by atoms with Crippen LogP contribution >= 0.6 is 7.82 Å². The fourth-order valence-electron chi connectivity index (χ4n) is 6.53. The number of phosphoric ester groups is 1. The molecule has 0 spiro atoms. The number of unbranched alkanes of at least 4 members (excludes halogenated alkanes) is 24. The quantitative estimate of drug-likeness (QED) is 0.0233. The lowest BCUT2D eigenvalue weighted by atomic mass is 10.0. The number of rotatable bonds is 46. The highest BCUT2D eigenvalue weighted by molar-refractivity contribution is 7.47. The molecule has 0 aromatic carbocycles. The molecule has 0 aromatic heterocycles. The monoisotopic (exact) mass is 868 g/mol. The Hall–Kier alpha value is -2.07. The van der Waals surface area contributed by atoms with Crippen molar-refractivity contribution in [1.29, 1.82) is 0 Å². The van der Waals surface area contributed by atoms with Crippen molar-refractivity contribution in [3.63, 3.8) is 0 Å². The van der Waals surface area contributed by atoms with Gasteiger partial charge in [0.25, 0.3) is 0 Å². The SMILES string of the molecule is CCCC/C=C\C/C=C\CCCCCCCC(=O)OC(COCCCCCCCCCCCCCC/C=C\C/C=C\CCCCCCC)COP(=O)(O)OCC(N)C(=O)O. The van der Waals surface area contributed by atoms with Crippen molar-refractivity contribution in [2.45, 2.75) is 225 Å². The lowest BCUT2D eigenvalue weighted by Crippen LogP contribution is -2.34. The van der Waals surface area contributed by atoms with E-state index in [0.29, 0.717) is 13.0 Å². The number of hydrogen-bond donors (Lipinski definition) is 3. The van der Waals surface area contributed by atoms with Gasteiger partial charge in [0.1, 0.15) is 12.1 Å². The molecule has 0 aromatic rings. The number of esters is 1. The van der Waals surface area contributed by atoms with Crippen LogP contribution in [0.5, 0.6) is 0 Å². The van der Waals surface area contributed by atoms with Gasteiger partial charge in [-0.25, -0.2) is 4.57 Å². The highest BCUT2D eigenvalue weighted by atomic mass is 31.2. The lowest BCUT2D eigenvalue weighted by Gasteiger charge is -2.20. The third-order valence-electron chi connectivity index (χ3n) is 10.3. The Bertz CT molecular complexity index is 1140. The number of nitrogens with two attached hydrogens (primary N) is 1. The summed E-state index contributed by atoms with van der Waals surface area (Å²) in [6.07, 6.45) is 53.1. The third kappa shape index (κ3) is 44.0. The van der Waals surface area contributed by atoms with Crippen molar-refractivity contribution in [2.75, 3.05) is 26.4 Å². The summed E-state index contributed by atoms with van der Waals surface area (Å²) >= 11 is 0. The first-order valence-electron chi connectivity index (χ1n) is 24.2. The molecule has 0 saturated carbocycles. The topological polar surface area (TPSA) is 155 Å². The van der Waals surface area contributed by atoms with Gasteiger partial charge in [0, 0.05) is 13.0 Å². The van der Waals surface area contributed by atoms with Gasteiger partial charge in [-0.15, -0.1) is 0 Å². The maximum Gasteiger partial charge on any atom is 0.472 e. The van der Waals surface area contributed by atoms with Gasteiger partial charge in [-0.2, -0.15) is 0 Å². The van der Waals surface area contributed by atoms with E-state index in [1.165, 1.54) is 116 Å². The molecule has 0 aliphatic carbocycles. The molecule has 350 valence electrons. The average molecular weight is 868 g/mol. The van der Waals surface area contributed by atoms with Gasteiger partial charge in [0.15, 0.2) is 0 Å². The van der Waals surface area contributed by atoms with Crippen molar-refractivity contribution in [3.8, 4) is 0 Å². The van der Waals surface area contributed by atoms with Crippen LogP contribution in [0.2, 0.25) is 0 Å². The summed E-state index contributed by atoms with van der Waals surface area (Å²) in [7, 11) is -4.62. The van der Waals surface area contributed by atoms with Crippen LogP contribution in [0.3, 0.4) is 0 Å². The average Bonchev–Trinajstić information content (AvgIpc) is 3.23. The van der Waals surface area contributed by atoms with E-state index >= 15 is 0 Å². The zero-order valence-corrected chi connectivity index (χ0v) is 39.2. The van der Waals surface area contributed by atoms with Crippen molar-refractivity contribution in [3.05, 3.63) is 48.6 Å². The van der Waals surface area contributed by atoms with E-state index in [2.05, 4.69) is 62.5 Å². The number of carbonyl (C=O) groups is 2. The van der Waals surface area contributed by atoms with Crippen LogP contribution in [0.1, 0.15) is 213 Å². The van der Waals surface area contributed by atoms with Gasteiger partial charge < -0.3 is 25.2 Å². The van der Waals surface area contributed by atoms with Crippen LogP contribution in [0.4, 0.5) is 0 Å². The minimum Gasteiger partial charge on any atom is -0.480 e. The molecule has 3 atom stereocenters. The lowest BCUT2D eigenvalue weighted by molar-refractivity contribution is -0.154. The van der Waals surface area contributed by atoms with Crippen LogP contribution in [-0.4, -0.2) is 60.5 Å². The van der Waals surface area contributed by atoms with Crippen LogP contribution < -0.4 is 5.73 Å². The number of carbonyl (C=O) groups excluding carboxylic acids is 1. The normalized spacial score (nSPS) is 14.2. The summed E-state index contributed by atoms with van der Waals surface area (Å²) in [6, 6.07) is -1.48. The fourth-order valence-corrected chi connectivity index (χ4v) is 7.31. The smallest absolute Gasteiger partial charge is 0.472 e. The minimum atomic E-state index is -4.62. The van der Waals surface area contributed by atoms with Gasteiger partial charge in [-0.05, 0) is 70.6 Å². The van der Waals surface area contributed by atoms with Gasteiger partial charge in [-0.1, -0.05) is 184 Å². The van der Waals surface area contributed by atoms with E-state index in [-0.39, 0.29) is 13.0 Å². The molecule has 11 heteroatoms. The molecule has 0 aliphatic heterocycles. The Morgan fingerprint density at radius 2 is 0.933 bits per heavy atom. The number of ether oxygens (including phenoxy) is 2. The first-order chi connectivity index (χ1) is 29.2. The van der Waals surface area contributed by atoms with Crippen LogP contribution in [-0.2, 0) is 32.7 Å². The number of hydrogen-bond acceptors (Lipinski definition) is 8. The summed E-state index contributed by atoms with van der Waals surface area (Å²) in [5.74, 6) is -1.79. The summed E-state index contributed by atoms with van der Waals surface area (Å²) in [5.41, 5.74) is 5.36. The molecule has 0 amide bonds. The first-order valence-corrected chi connectivity index (χ1v) is 25.7. The van der Waals surface area contributed by atoms with E-state index in [1.807, 2.05) is 0 Å². The van der Waals surface area contributed by atoms with Crippen molar-refractivity contribution in [2.24, 2.45) is 5.73 Å². The van der Waals surface area contributed by atoms with Gasteiger partial charge in [-0.3, -0.25) is 18.6 Å². The summed E-state index contributed by atoms with van der Waals surface area (Å²) < 4.78 is 33.4. The second-order valence-electron chi connectivity index (χ2n) is 16.2. The van der Waals surface area contributed by atoms with E-state index in [4.69, 9.17) is 29.4 Å². The highest BCUT2D eigenvalue weighted by Crippen LogP contribution is 2.43. The molecule has 10 nitrogen and oxygen atoms in total. The van der Waals surface area contributed by atoms with E-state index in [0.717, 1.165) is 70.6 Å². The van der Waals surface area contributed by atoms with Gasteiger partial charge in [0.2, 0.25) is 0 Å². The first kappa shape index (κ1) is 57.9. The van der Waals surface area contributed by atoms with E-state index < -0.39 is 45.1 Å². The molecule has 4 N–H and O–H groups in total. The second kappa shape index (κ2) is 45.0. The Kier molecular flexibility index (Phi) is 43.4. The molecule has 0 fully saturated rings. The zero-order chi connectivity index (χ0) is 44.0. The molecule has 0 heterocycles. The number of aliphatic carboxylic acids is 1. The van der Waals surface area contributed by atoms with Crippen LogP contribution in [0.25, 0.3) is 0 Å². The number of allylic oxidation sites excluding steroid dienone is 8. The Balaban J connectivity index is 4.13. The molecule has 0 radical (unpaired) electrons. The maximum atomic E-state index is 12.6. The predicted molar refractivity (Wildman–Crippen MR) is 249 cm³/mol. The van der Waals surface area contributed by atoms with Gasteiger partial charge >= 0.3 is 19.8 Å². The Morgan fingerprint density at radius 3 is 1.40 bits per heavy atom. The molecule has 0 bridgehead atoms. The second-order valence-corrected chi connectivity index (χ2v) is 17.7. The Labute approximate surface area is 367 Å². The molecule has 3 unspecified atom stereocenters. The fraction of sp³-hybridized carbons (Fsp3) is 0.796. The molecular weight excluding hydrogens is 778 g/mol. The molecule has 0 aliphatic rings. The molecule has 0 rings (SSSR count). The molecule has 60 heavy (non-hydrogen) atoms. The maximum absolute atomic E-state index is 12.6. The van der Waals surface area contributed by atoms with Gasteiger partial charge in [0.05, 0.1) is 19.8 Å². The Morgan fingerprint density at radius 1 is 0.533 bits per heavy atom. The van der Waals surface area contributed by atoms with Crippen molar-refractivity contribution in [1.82, 2.24) is 0 Å². The molecule has 0 saturated heterocycles. The number of carboxylic acid groups (broad SMARTS) is 1. The summed E-state index contributed by atoms with van der Waals surface area (Å²) in [4.78, 5) is 33.6. The minimum absolute atomic E-state index is 0.0100.